The van der Waals surface area contributed by atoms with Crippen molar-refractivity contribution in [3.05, 3.63) is 64.7 Å². The second-order valence-electron chi connectivity index (χ2n) is 8.66. The van der Waals surface area contributed by atoms with Crippen molar-refractivity contribution < 1.29 is 19.8 Å². The number of aliphatic hydroxyl groups excluding tert-OH is 2. The third kappa shape index (κ3) is 6.54. The zero-order valence-corrected chi connectivity index (χ0v) is 19.5. The van der Waals surface area contributed by atoms with Crippen LogP contribution < -0.4 is 15.5 Å². The molecule has 8 heteroatoms. The summed E-state index contributed by atoms with van der Waals surface area (Å²) < 4.78 is 0. The van der Waals surface area contributed by atoms with Crippen LogP contribution in [0.3, 0.4) is 0 Å². The van der Waals surface area contributed by atoms with E-state index in [1.165, 1.54) is 0 Å². The molecule has 2 amide bonds. The molecule has 4 N–H and O–H groups in total. The number of aliphatic hydroxyl groups is 2. The first kappa shape index (κ1) is 24.7. The number of rotatable bonds is 8. The maximum atomic E-state index is 13.1. The van der Waals surface area contributed by atoms with Gasteiger partial charge >= 0.3 is 0 Å². The average molecular weight is 455 g/mol. The fourth-order valence-electron chi connectivity index (χ4n) is 3.80. The van der Waals surface area contributed by atoms with Gasteiger partial charge in [0.05, 0.1) is 18.8 Å². The maximum Gasteiger partial charge on any atom is 0.252 e. The standard InChI is InChI=1S/C25H34N4O4/c1-17-7-8-21(29-11-9-28(3)10-12-29)14-23(17)25(33)27-18(2)19-5-4-6-20(13-19)24(32)26-15-22(31)16-30/h4-8,13-14,18,22,30-31H,9-12,15-16H2,1-3H3,(H,26,32)(H,27,33)/t18-,22+/m1/s1. The van der Waals surface area contributed by atoms with Gasteiger partial charge < -0.3 is 30.6 Å². The van der Waals surface area contributed by atoms with Gasteiger partial charge in [0.2, 0.25) is 0 Å². The van der Waals surface area contributed by atoms with Gasteiger partial charge in [-0.2, -0.15) is 0 Å². The molecule has 1 fully saturated rings. The summed E-state index contributed by atoms with van der Waals surface area (Å²) >= 11 is 0. The first-order valence-electron chi connectivity index (χ1n) is 11.3. The number of hydrogen-bond acceptors (Lipinski definition) is 6. The summed E-state index contributed by atoms with van der Waals surface area (Å²) in [6.45, 7) is 7.21. The minimum atomic E-state index is -1.000. The van der Waals surface area contributed by atoms with Gasteiger partial charge in [0.1, 0.15) is 0 Å². The van der Waals surface area contributed by atoms with E-state index in [1.54, 1.807) is 18.2 Å². The Balaban J connectivity index is 1.68. The largest absolute Gasteiger partial charge is 0.394 e. The average Bonchev–Trinajstić information content (AvgIpc) is 2.83. The molecular weight excluding hydrogens is 420 g/mol. The highest BCUT2D eigenvalue weighted by Gasteiger charge is 2.19. The Morgan fingerprint density at radius 1 is 1.06 bits per heavy atom. The van der Waals surface area contributed by atoms with Crippen molar-refractivity contribution in [3.8, 4) is 0 Å². The molecule has 1 aliphatic heterocycles. The Bertz CT molecular complexity index is 973. The van der Waals surface area contributed by atoms with Crippen molar-refractivity contribution in [1.29, 1.82) is 0 Å². The molecule has 33 heavy (non-hydrogen) atoms. The summed E-state index contributed by atoms with van der Waals surface area (Å²) in [4.78, 5) is 30.0. The predicted molar refractivity (Wildman–Crippen MR) is 129 cm³/mol. The molecule has 1 heterocycles. The topological polar surface area (TPSA) is 105 Å². The van der Waals surface area contributed by atoms with Crippen molar-refractivity contribution >= 4 is 17.5 Å². The van der Waals surface area contributed by atoms with Crippen LogP contribution in [0.5, 0.6) is 0 Å². The van der Waals surface area contributed by atoms with E-state index in [4.69, 9.17) is 5.11 Å². The molecular formula is C25H34N4O4. The summed E-state index contributed by atoms with van der Waals surface area (Å²) in [5, 5.41) is 23.9. The van der Waals surface area contributed by atoms with Crippen LogP contribution >= 0.6 is 0 Å². The molecule has 8 nitrogen and oxygen atoms in total. The van der Waals surface area contributed by atoms with Gasteiger partial charge in [-0.05, 0) is 56.3 Å². The van der Waals surface area contributed by atoms with E-state index in [9.17, 15) is 14.7 Å². The highest BCUT2D eigenvalue weighted by atomic mass is 16.3. The van der Waals surface area contributed by atoms with Gasteiger partial charge in [-0.25, -0.2) is 0 Å². The number of benzene rings is 2. The Labute approximate surface area is 195 Å². The normalized spacial score (nSPS) is 16.2. The molecule has 3 rings (SSSR count). The van der Waals surface area contributed by atoms with Crippen LogP contribution in [-0.4, -0.2) is 79.4 Å². The van der Waals surface area contributed by atoms with Crippen LogP contribution in [-0.2, 0) is 0 Å². The van der Waals surface area contributed by atoms with E-state index < -0.39 is 12.7 Å². The van der Waals surface area contributed by atoms with Gasteiger partial charge in [-0.3, -0.25) is 9.59 Å². The minimum absolute atomic E-state index is 0.0330. The molecule has 2 atom stereocenters. The van der Waals surface area contributed by atoms with Gasteiger partial charge in [-0.1, -0.05) is 18.2 Å². The molecule has 0 unspecified atom stereocenters. The second-order valence-corrected chi connectivity index (χ2v) is 8.66. The lowest BCUT2D eigenvalue weighted by Crippen LogP contribution is -2.44. The van der Waals surface area contributed by atoms with Crippen LogP contribution in [0, 0.1) is 6.92 Å². The number of hydrogen-bond donors (Lipinski definition) is 4. The van der Waals surface area contributed by atoms with Crippen LogP contribution in [0.25, 0.3) is 0 Å². The van der Waals surface area contributed by atoms with E-state index in [-0.39, 0.29) is 24.4 Å². The van der Waals surface area contributed by atoms with Gasteiger partial charge in [-0.15, -0.1) is 0 Å². The lowest BCUT2D eigenvalue weighted by atomic mass is 10.0. The van der Waals surface area contributed by atoms with Crippen LogP contribution in [0.15, 0.2) is 42.5 Å². The summed E-state index contributed by atoms with van der Waals surface area (Å²) in [6.07, 6.45) is -1.000. The third-order valence-corrected chi connectivity index (χ3v) is 6.04. The van der Waals surface area contributed by atoms with Crippen molar-refractivity contribution in [2.24, 2.45) is 0 Å². The number of nitrogens with zero attached hydrogens (tertiary/aromatic N) is 2. The number of carbonyl (C=O) groups is 2. The predicted octanol–water partition coefficient (Wildman–Crippen LogP) is 1.32. The highest BCUT2D eigenvalue weighted by Crippen LogP contribution is 2.22. The molecule has 0 aliphatic carbocycles. The molecule has 1 aliphatic rings. The van der Waals surface area contributed by atoms with E-state index in [2.05, 4.69) is 33.5 Å². The summed E-state index contributed by atoms with van der Waals surface area (Å²) in [5.41, 5.74) is 3.83. The summed E-state index contributed by atoms with van der Waals surface area (Å²) in [6, 6.07) is 12.7. The number of likely N-dealkylation sites (N-methyl/N-ethyl adjacent to an activating group) is 1. The lowest BCUT2D eigenvalue weighted by molar-refractivity contribution is 0.0802. The Morgan fingerprint density at radius 3 is 2.48 bits per heavy atom. The van der Waals surface area contributed by atoms with Crippen LogP contribution in [0.2, 0.25) is 0 Å². The molecule has 2 aromatic rings. The van der Waals surface area contributed by atoms with Crippen molar-refractivity contribution in [2.75, 3.05) is 51.3 Å². The molecule has 0 radical (unpaired) electrons. The quantitative estimate of drug-likeness (QED) is 0.480. The number of aryl methyl sites for hydroxylation is 1. The first-order valence-corrected chi connectivity index (χ1v) is 11.3. The number of piperazine rings is 1. The smallest absolute Gasteiger partial charge is 0.252 e. The number of nitrogens with one attached hydrogen (secondary N) is 2. The number of anilines is 1. The first-order chi connectivity index (χ1) is 15.8. The molecule has 2 aromatic carbocycles. The second kappa shape index (κ2) is 11.3. The highest BCUT2D eigenvalue weighted by molar-refractivity contribution is 5.97. The molecule has 0 aromatic heterocycles. The Kier molecular flexibility index (Phi) is 8.43. The van der Waals surface area contributed by atoms with Crippen LogP contribution in [0.1, 0.15) is 44.8 Å². The van der Waals surface area contributed by atoms with Gasteiger partial charge in [0, 0.05) is 49.5 Å². The summed E-state index contributed by atoms with van der Waals surface area (Å²) in [5.74, 6) is -0.504. The monoisotopic (exact) mass is 454 g/mol. The van der Waals surface area contributed by atoms with E-state index in [1.807, 2.05) is 32.0 Å². The van der Waals surface area contributed by atoms with E-state index >= 15 is 0 Å². The zero-order valence-electron chi connectivity index (χ0n) is 19.5. The fourth-order valence-corrected chi connectivity index (χ4v) is 3.80. The van der Waals surface area contributed by atoms with Crippen molar-refractivity contribution in [1.82, 2.24) is 15.5 Å². The minimum Gasteiger partial charge on any atom is -0.394 e. The lowest BCUT2D eigenvalue weighted by Gasteiger charge is -2.34. The molecule has 0 spiro atoms. The molecule has 0 saturated carbocycles. The molecule has 178 valence electrons. The van der Waals surface area contributed by atoms with E-state index in [0.717, 1.165) is 43.0 Å². The maximum absolute atomic E-state index is 13.1. The zero-order chi connectivity index (χ0) is 24.0. The Hall–Kier alpha value is -2.94. The van der Waals surface area contributed by atoms with E-state index in [0.29, 0.717) is 11.1 Å². The van der Waals surface area contributed by atoms with Crippen LogP contribution in [0.4, 0.5) is 5.69 Å². The number of amides is 2. The van der Waals surface area contributed by atoms with Crippen molar-refractivity contribution in [3.63, 3.8) is 0 Å². The molecule has 1 saturated heterocycles. The van der Waals surface area contributed by atoms with Crippen molar-refractivity contribution in [2.45, 2.75) is 26.0 Å². The Morgan fingerprint density at radius 2 is 1.79 bits per heavy atom. The van der Waals surface area contributed by atoms with Gasteiger partial charge in [0.15, 0.2) is 0 Å². The van der Waals surface area contributed by atoms with Gasteiger partial charge in [0.25, 0.3) is 11.8 Å². The fraction of sp³-hybridized carbons (Fsp3) is 0.440. The molecule has 0 bridgehead atoms. The SMILES string of the molecule is Cc1ccc(N2CCN(C)CC2)cc1C(=O)N[C@H](C)c1cccc(C(=O)NC[C@H](O)CO)c1. The summed E-state index contributed by atoms with van der Waals surface area (Å²) in [7, 11) is 2.11. The third-order valence-electron chi connectivity index (χ3n) is 6.04. The number of carbonyl (C=O) groups excluding carboxylic acids is 2.